The molecule has 0 aliphatic carbocycles. The zero-order valence-electron chi connectivity index (χ0n) is 13.6. The summed E-state index contributed by atoms with van der Waals surface area (Å²) in [6.45, 7) is 2.81. The fourth-order valence-corrected chi connectivity index (χ4v) is 3.27. The van der Waals surface area contributed by atoms with E-state index in [0.29, 0.717) is 30.9 Å². The molecule has 0 aliphatic rings. The van der Waals surface area contributed by atoms with Crippen molar-refractivity contribution in [1.82, 2.24) is 14.7 Å². The van der Waals surface area contributed by atoms with Gasteiger partial charge in [-0.05, 0) is 25.0 Å². The molecule has 2 N–H and O–H groups in total. The quantitative estimate of drug-likeness (QED) is 0.384. The number of imidazole rings is 1. The number of nitro groups is 1. The molecule has 0 spiro atoms. The van der Waals surface area contributed by atoms with Gasteiger partial charge in [0.05, 0.1) is 11.1 Å². The van der Waals surface area contributed by atoms with Crippen LogP contribution in [-0.2, 0) is 0 Å². The Kier molecular flexibility index (Phi) is 4.94. The average molecular weight is 359 g/mol. The van der Waals surface area contributed by atoms with E-state index in [9.17, 15) is 14.9 Å². The summed E-state index contributed by atoms with van der Waals surface area (Å²) in [5.74, 6) is -0.162. The third-order valence-electron chi connectivity index (χ3n) is 3.69. The van der Waals surface area contributed by atoms with Gasteiger partial charge in [0.2, 0.25) is 0 Å². The SMILES string of the molecule is Cc1ccc(NCCCNC(=O)c2csc3cncn23)c([N+](=O)[O-])c1. The fourth-order valence-electron chi connectivity index (χ4n) is 2.43. The number of rotatable bonds is 7. The van der Waals surface area contributed by atoms with Crippen LogP contribution in [0.15, 0.2) is 36.1 Å². The van der Waals surface area contributed by atoms with E-state index in [1.807, 2.05) is 13.0 Å². The first kappa shape index (κ1) is 16.9. The Morgan fingerprint density at radius 2 is 2.24 bits per heavy atom. The van der Waals surface area contributed by atoms with Gasteiger partial charge in [0.15, 0.2) is 0 Å². The van der Waals surface area contributed by atoms with Crippen LogP contribution in [0.1, 0.15) is 22.5 Å². The van der Waals surface area contributed by atoms with Crippen molar-refractivity contribution in [2.75, 3.05) is 18.4 Å². The van der Waals surface area contributed by atoms with Gasteiger partial charge in [-0.15, -0.1) is 11.3 Å². The molecule has 2 aromatic heterocycles. The Balaban J connectivity index is 1.49. The van der Waals surface area contributed by atoms with Gasteiger partial charge in [-0.3, -0.25) is 19.3 Å². The molecule has 0 saturated carbocycles. The van der Waals surface area contributed by atoms with Crippen LogP contribution >= 0.6 is 11.3 Å². The van der Waals surface area contributed by atoms with E-state index in [4.69, 9.17) is 0 Å². The summed E-state index contributed by atoms with van der Waals surface area (Å²) in [6, 6.07) is 5.06. The van der Waals surface area contributed by atoms with Gasteiger partial charge in [0, 0.05) is 24.5 Å². The van der Waals surface area contributed by atoms with Crippen LogP contribution in [0.25, 0.3) is 4.83 Å². The second kappa shape index (κ2) is 7.31. The Morgan fingerprint density at radius 3 is 3.04 bits per heavy atom. The maximum Gasteiger partial charge on any atom is 0.292 e. The zero-order chi connectivity index (χ0) is 17.8. The molecule has 2 heterocycles. The molecule has 0 fully saturated rings. The number of nitrogens with zero attached hydrogens (tertiary/aromatic N) is 3. The summed E-state index contributed by atoms with van der Waals surface area (Å²) in [5, 5.41) is 18.8. The summed E-state index contributed by atoms with van der Waals surface area (Å²) >= 11 is 1.46. The molecule has 1 amide bonds. The number of anilines is 1. The fraction of sp³-hybridized carbons (Fsp3) is 0.250. The van der Waals surface area contributed by atoms with Crippen molar-refractivity contribution in [3.63, 3.8) is 0 Å². The predicted molar refractivity (Wildman–Crippen MR) is 96.3 cm³/mol. The Hall–Kier alpha value is -2.94. The van der Waals surface area contributed by atoms with Crippen molar-refractivity contribution >= 4 is 33.4 Å². The molecule has 25 heavy (non-hydrogen) atoms. The van der Waals surface area contributed by atoms with Gasteiger partial charge in [-0.1, -0.05) is 6.07 Å². The Morgan fingerprint density at radius 1 is 1.40 bits per heavy atom. The van der Waals surface area contributed by atoms with Crippen LogP contribution in [0.5, 0.6) is 0 Å². The molecule has 3 aromatic rings. The molecule has 3 rings (SSSR count). The van der Waals surface area contributed by atoms with Crippen molar-refractivity contribution in [2.45, 2.75) is 13.3 Å². The number of carbonyl (C=O) groups is 1. The highest BCUT2D eigenvalue weighted by molar-refractivity contribution is 7.15. The third kappa shape index (κ3) is 3.77. The van der Waals surface area contributed by atoms with E-state index in [2.05, 4.69) is 15.6 Å². The Labute approximate surface area is 147 Å². The standard InChI is InChI=1S/C16H17N5O3S/c1-11-3-4-12(13(7-11)21(23)24)18-5-2-6-19-16(22)14-9-25-15-8-17-10-20(14)15/h3-4,7-10,18H,2,5-6H2,1H3,(H,19,22). The van der Waals surface area contributed by atoms with Crippen molar-refractivity contribution in [1.29, 1.82) is 0 Å². The van der Waals surface area contributed by atoms with E-state index in [0.717, 1.165) is 10.4 Å². The smallest absolute Gasteiger partial charge is 0.292 e. The van der Waals surface area contributed by atoms with Gasteiger partial charge in [0.1, 0.15) is 22.5 Å². The first-order chi connectivity index (χ1) is 12.1. The highest BCUT2D eigenvalue weighted by Gasteiger charge is 2.14. The second-order valence-corrected chi connectivity index (χ2v) is 6.43. The molecule has 0 unspecified atom stereocenters. The predicted octanol–water partition coefficient (Wildman–Crippen LogP) is 2.84. The van der Waals surface area contributed by atoms with E-state index in [-0.39, 0.29) is 11.6 Å². The molecule has 0 radical (unpaired) electrons. The van der Waals surface area contributed by atoms with E-state index < -0.39 is 4.92 Å². The van der Waals surface area contributed by atoms with Crippen molar-refractivity contribution < 1.29 is 9.72 Å². The van der Waals surface area contributed by atoms with E-state index in [1.165, 1.54) is 17.4 Å². The van der Waals surface area contributed by atoms with Gasteiger partial charge >= 0.3 is 0 Å². The van der Waals surface area contributed by atoms with Crippen molar-refractivity contribution in [3.05, 3.63) is 57.5 Å². The van der Waals surface area contributed by atoms with E-state index in [1.54, 1.807) is 28.4 Å². The minimum atomic E-state index is -0.399. The van der Waals surface area contributed by atoms with E-state index >= 15 is 0 Å². The number of carbonyl (C=O) groups excluding carboxylic acids is 1. The summed E-state index contributed by atoms with van der Waals surface area (Å²) in [6.07, 6.45) is 3.96. The summed E-state index contributed by atoms with van der Waals surface area (Å²) in [5.41, 5.74) is 1.94. The molecule has 1 aromatic carbocycles. The van der Waals surface area contributed by atoms with Crippen LogP contribution in [0, 0.1) is 17.0 Å². The number of hydrogen-bond acceptors (Lipinski definition) is 6. The number of aromatic nitrogens is 2. The first-order valence-corrected chi connectivity index (χ1v) is 8.61. The molecule has 0 saturated heterocycles. The molecule has 0 atom stereocenters. The third-order valence-corrected chi connectivity index (χ3v) is 4.58. The summed E-state index contributed by atoms with van der Waals surface area (Å²) < 4.78 is 1.74. The molecule has 8 nitrogen and oxygen atoms in total. The first-order valence-electron chi connectivity index (χ1n) is 7.73. The van der Waals surface area contributed by atoms with Gasteiger partial charge in [0.25, 0.3) is 11.6 Å². The monoisotopic (exact) mass is 359 g/mol. The number of fused-ring (bicyclic) bond motifs is 1. The molecule has 0 aliphatic heterocycles. The zero-order valence-corrected chi connectivity index (χ0v) is 14.4. The lowest BCUT2D eigenvalue weighted by atomic mass is 10.2. The maximum atomic E-state index is 12.2. The van der Waals surface area contributed by atoms with Crippen LogP contribution in [0.4, 0.5) is 11.4 Å². The number of benzene rings is 1. The highest BCUT2D eigenvalue weighted by atomic mass is 32.1. The number of aryl methyl sites for hydroxylation is 1. The lowest BCUT2D eigenvalue weighted by Gasteiger charge is -2.08. The van der Waals surface area contributed by atoms with Crippen LogP contribution in [0.3, 0.4) is 0 Å². The molecular formula is C16H17N5O3S. The number of nitro benzene ring substituents is 1. The minimum absolute atomic E-state index is 0.0600. The Bertz CT molecular complexity index is 918. The number of hydrogen-bond donors (Lipinski definition) is 2. The molecule has 130 valence electrons. The van der Waals surface area contributed by atoms with Gasteiger partial charge < -0.3 is 10.6 Å². The minimum Gasteiger partial charge on any atom is -0.379 e. The van der Waals surface area contributed by atoms with Crippen LogP contribution < -0.4 is 10.6 Å². The highest BCUT2D eigenvalue weighted by Crippen LogP contribution is 2.25. The van der Waals surface area contributed by atoms with Crippen molar-refractivity contribution in [2.24, 2.45) is 0 Å². The normalized spacial score (nSPS) is 10.8. The van der Waals surface area contributed by atoms with Gasteiger partial charge in [-0.25, -0.2) is 4.98 Å². The average Bonchev–Trinajstić information content (AvgIpc) is 3.18. The number of nitrogens with one attached hydrogen (secondary N) is 2. The van der Waals surface area contributed by atoms with Crippen molar-refractivity contribution in [3.8, 4) is 0 Å². The molecule has 0 bridgehead atoms. The lowest BCUT2D eigenvalue weighted by molar-refractivity contribution is -0.384. The van der Waals surface area contributed by atoms with Gasteiger partial charge in [-0.2, -0.15) is 0 Å². The largest absolute Gasteiger partial charge is 0.379 e. The molecule has 9 heteroatoms. The van der Waals surface area contributed by atoms with Crippen LogP contribution in [-0.4, -0.2) is 33.3 Å². The second-order valence-electron chi connectivity index (χ2n) is 5.54. The maximum absolute atomic E-state index is 12.2. The molecular weight excluding hydrogens is 342 g/mol. The summed E-state index contributed by atoms with van der Waals surface area (Å²) in [7, 11) is 0. The van der Waals surface area contributed by atoms with Crippen LogP contribution in [0.2, 0.25) is 0 Å². The number of thiazole rings is 1. The topological polar surface area (TPSA) is 102 Å². The number of amides is 1. The lowest BCUT2D eigenvalue weighted by Crippen LogP contribution is -2.26. The summed E-state index contributed by atoms with van der Waals surface area (Å²) in [4.78, 5) is 27.8.